The van der Waals surface area contributed by atoms with Crippen molar-refractivity contribution >= 4 is 38.8 Å². The second kappa shape index (κ2) is 8.24. The standard InChI is InChI=1S/C21H16BrN5O2/c22-17-6-2-1-5-16(17)21(29)25-24-20(28)15-11-9-14(10-12-15)13-27-19-8-4-3-7-18(19)23-26-27/h1-12H,13H2,(H,24,28)(H,25,29). The van der Waals surface area contributed by atoms with Crippen LogP contribution in [0.3, 0.4) is 0 Å². The van der Waals surface area contributed by atoms with E-state index in [1.165, 1.54) is 0 Å². The number of aromatic nitrogens is 3. The first-order chi connectivity index (χ1) is 14.1. The van der Waals surface area contributed by atoms with Gasteiger partial charge in [-0.25, -0.2) is 4.68 Å². The average Bonchev–Trinajstić information content (AvgIpc) is 3.15. The van der Waals surface area contributed by atoms with Crippen molar-refractivity contribution in [3.63, 3.8) is 0 Å². The molecule has 4 aromatic rings. The Kier molecular flexibility index (Phi) is 5.35. The molecule has 29 heavy (non-hydrogen) atoms. The van der Waals surface area contributed by atoms with Crippen LogP contribution in [-0.4, -0.2) is 26.8 Å². The van der Waals surface area contributed by atoms with Crippen LogP contribution in [0.1, 0.15) is 26.3 Å². The Labute approximate surface area is 174 Å². The molecule has 1 heterocycles. The van der Waals surface area contributed by atoms with Gasteiger partial charge in [-0.05, 0) is 57.9 Å². The van der Waals surface area contributed by atoms with Crippen LogP contribution in [0.4, 0.5) is 0 Å². The largest absolute Gasteiger partial charge is 0.270 e. The van der Waals surface area contributed by atoms with Crippen molar-refractivity contribution in [3.8, 4) is 0 Å². The monoisotopic (exact) mass is 449 g/mol. The summed E-state index contributed by atoms with van der Waals surface area (Å²) >= 11 is 3.31. The van der Waals surface area contributed by atoms with Gasteiger partial charge in [-0.3, -0.25) is 20.4 Å². The Morgan fingerprint density at radius 2 is 1.55 bits per heavy atom. The molecular formula is C21H16BrN5O2. The number of nitrogens with one attached hydrogen (secondary N) is 2. The lowest BCUT2D eigenvalue weighted by molar-refractivity contribution is 0.0846. The molecule has 0 bridgehead atoms. The maximum absolute atomic E-state index is 12.3. The van der Waals surface area contributed by atoms with E-state index in [0.717, 1.165) is 16.6 Å². The number of benzene rings is 3. The molecule has 0 fully saturated rings. The number of carbonyl (C=O) groups excluding carboxylic acids is 2. The topological polar surface area (TPSA) is 88.9 Å². The number of fused-ring (bicyclic) bond motifs is 1. The van der Waals surface area contributed by atoms with Crippen LogP contribution in [-0.2, 0) is 6.54 Å². The number of amides is 2. The molecule has 8 heteroatoms. The molecule has 0 radical (unpaired) electrons. The Bertz CT molecular complexity index is 1190. The van der Waals surface area contributed by atoms with Gasteiger partial charge in [-0.2, -0.15) is 0 Å². The first-order valence-corrected chi connectivity index (χ1v) is 9.63. The van der Waals surface area contributed by atoms with Gasteiger partial charge >= 0.3 is 0 Å². The van der Waals surface area contributed by atoms with Crippen LogP contribution in [0.5, 0.6) is 0 Å². The molecule has 2 N–H and O–H groups in total. The number of halogens is 1. The number of rotatable bonds is 4. The summed E-state index contributed by atoms with van der Waals surface area (Å²) in [5, 5.41) is 8.31. The van der Waals surface area contributed by atoms with Crippen LogP contribution < -0.4 is 10.9 Å². The van der Waals surface area contributed by atoms with Gasteiger partial charge in [0, 0.05) is 10.0 Å². The minimum absolute atomic E-state index is 0.400. The van der Waals surface area contributed by atoms with Gasteiger partial charge in [-0.15, -0.1) is 5.10 Å². The molecule has 0 aliphatic carbocycles. The summed E-state index contributed by atoms with van der Waals surface area (Å²) < 4.78 is 2.46. The predicted molar refractivity (Wildman–Crippen MR) is 112 cm³/mol. The first kappa shape index (κ1) is 18.8. The number of nitrogens with zero attached hydrogens (tertiary/aromatic N) is 3. The second-order valence-corrected chi connectivity index (χ2v) is 7.18. The van der Waals surface area contributed by atoms with Crippen molar-refractivity contribution in [2.24, 2.45) is 0 Å². The predicted octanol–water partition coefficient (Wildman–Crippen LogP) is 3.32. The van der Waals surface area contributed by atoms with Gasteiger partial charge in [0.1, 0.15) is 5.52 Å². The highest BCUT2D eigenvalue weighted by Crippen LogP contribution is 2.15. The van der Waals surface area contributed by atoms with Crippen LogP contribution in [0.25, 0.3) is 11.0 Å². The fraction of sp³-hybridized carbons (Fsp3) is 0.0476. The number of hydrogen-bond acceptors (Lipinski definition) is 4. The van der Waals surface area contributed by atoms with E-state index in [1.54, 1.807) is 30.3 Å². The van der Waals surface area contributed by atoms with Crippen LogP contribution >= 0.6 is 15.9 Å². The summed E-state index contributed by atoms with van der Waals surface area (Å²) in [6, 6.07) is 21.8. The molecule has 4 rings (SSSR count). The average molecular weight is 450 g/mol. The van der Waals surface area contributed by atoms with E-state index >= 15 is 0 Å². The van der Waals surface area contributed by atoms with Gasteiger partial charge in [0.15, 0.2) is 0 Å². The van der Waals surface area contributed by atoms with Crippen molar-refractivity contribution in [2.45, 2.75) is 6.54 Å². The first-order valence-electron chi connectivity index (χ1n) is 8.84. The minimum Gasteiger partial charge on any atom is -0.267 e. The Morgan fingerprint density at radius 1 is 0.862 bits per heavy atom. The van der Waals surface area contributed by atoms with Gasteiger partial charge < -0.3 is 0 Å². The van der Waals surface area contributed by atoms with E-state index in [0.29, 0.717) is 22.1 Å². The fourth-order valence-corrected chi connectivity index (χ4v) is 3.33. The molecule has 0 saturated heterocycles. The third-order valence-corrected chi connectivity index (χ3v) is 5.07. The van der Waals surface area contributed by atoms with Crippen LogP contribution in [0, 0.1) is 0 Å². The molecular weight excluding hydrogens is 434 g/mol. The van der Waals surface area contributed by atoms with Crippen LogP contribution in [0.2, 0.25) is 0 Å². The number of hydrogen-bond donors (Lipinski definition) is 2. The molecule has 0 unspecified atom stereocenters. The van der Waals surface area contributed by atoms with Crippen molar-refractivity contribution in [1.82, 2.24) is 25.8 Å². The lowest BCUT2D eigenvalue weighted by atomic mass is 10.1. The molecule has 0 aliphatic rings. The second-order valence-electron chi connectivity index (χ2n) is 6.32. The smallest absolute Gasteiger partial charge is 0.267 e. The molecule has 7 nitrogen and oxygen atoms in total. The summed E-state index contributed by atoms with van der Waals surface area (Å²) in [4.78, 5) is 24.5. The van der Waals surface area contributed by atoms with Crippen molar-refractivity contribution < 1.29 is 9.59 Å². The molecule has 2 amide bonds. The Balaban J connectivity index is 1.39. The normalized spacial score (nSPS) is 10.7. The van der Waals surface area contributed by atoms with Gasteiger partial charge in [0.2, 0.25) is 0 Å². The summed E-state index contributed by atoms with van der Waals surface area (Å²) in [5.41, 5.74) is 8.48. The van der Waals surface area contributed by atoms with Gasteiger partial charge in [-0.1, -0.05) is 41.6 Å². The lowest BCUT2D eigenvalue weighted by Gasteiger charge is -2.09. The van der Waals surface area contributed by atoms with E-state index in [9.17, 15) is 9.59 Å². The van der Waals surface area contributed by atoms with E-state index in [-0.39, 0.29) is 0 Å². The summed E-state index contributed by atoms with van der Waals surface area (Å²) in [7, 11) is 0. The van der Waals surface area contributed by atoms with Gasteiger partial charge in [0.05, 0.1) is 17.6 Å². The lowest BCUT2D eigenvalue weighted by Crippen LogP contribution is -2.41. The number of para-hydroxylation sites is 1. The highest BCUT2D eigenvalue weighted by molar-refractivity contribution is 9.10. The zero-order chi connectivity index (χ0) is 20.2. The van der Waals surface area contributed by atoms with Crippen LogP contribution in [0.15, 0.2) is 77.3 Å². The van der Waals surface area contributed by atoms with E-state index in [1.807, 2.05) is 47.1 Å². The zero-order valence-electron chi connectivity index (χ0n) is 15.2. The van der Waals surface area contributed by atoms with Crippen molar-refractivity contribution in [3.05, 3.63) is 94.0 Å². The third-order valence-electron chi connectivity index (χ3n) is 4.38. The molecule has 0 atom stereocenters. The van der Waals surface area contributed by atoms with Crippen molar-refractivity contribution in [2.75, 3.05) is 0 Å². The zero-order valence-corrected chi connectivity index (χ0v) is 16.8. The quantitative estimate of drug-likeness (QED) is 0.467. The maximum atomic E-state index is 12.3. The highest BCUT2D eigenvalue weighted by Gasteiger charge is 2.12. The molecule has 0 aliphatic heterocycles. The fourth-order valence-electron chi connectivity index (χ4n) is 2.87. The molecule has 0 saturated carbocycles. The Hall–Kier alpha value is -3.52. The maximum Gasteiger partial charge on any atom is 0.270 e. The number of carbonyl (C=O) groups is 2. The van der Waals surface area contributed by atoms with E-state index in [4.69, 9.17) is 0 Å². The number of hydrazine groups is 1. The SMILES string of the molecule is O=C(NNC(=O)c1ccccc1Br)c1ccc(Cn2nnc3ccccc32)cc1. The molecule has 0 spiro atoms. The molecule has 144 valence electrons. The highest BCUT2D eigenvalue weighted by atomic mass is 79.9. The van der Waals surface area contributed by atoms with Crippen molar-refractivity contribution in [1.29, 1.82) is 0 Å². The third kappa shape index (κ3) is 4.17. The van der Waals surface area contributed by atoms with Gasteiger partial charge in [0.25, 0.3) is 11.8 Å². The van der Waals surface area contributed by atoms with E-state index < -0.39 is 11.8 Å². The van der Waals surface area contributed by atoms with E-state index in [2.05, 4.69) is 37.1 Å². The Morgan fingerprint density at radius 3 is 2.34 bits per heavy atom. The molecule has 3 aromatic carbocycles. The minimum atomic E-state index is -0.402. The summed E-state index contributed by atoms with van der Waals surface area (Å²) in [6.45, 7) is 0.543. The summed E-state index contributed by atoms with van der Waals surface area (Å²) in [6.07, 6.45) is 0. The molecule has 1 aromatic heterocycles. The summed E-state index contributed by atoms with van der Waals surface area (Å²) in [5.74, 6) is -0.802.